The van der Waals surface area contributed by atoms with Crippen LogP contribution in [0.1, 0.15) is 15.9 Å². The van der Waals surface area contributed by atoms with Gasteiger partial charge in [0.25, 0.3) is 0 Å². The average Bonchev–Trinajstić information content (AvgIpc) is 3.60. The predicted molar refractivity (Wildman–Crippen MR) is 160 cm³/mol. The molecule has 0 spiro atoms. The Morgan fingerprint density at radius 2 is 1.32 bits per heavy atom. The summed E-state index contributed by atoms with van der Waals surface area (Å²) in [5.41, 5.74) is 6.17. The van der Waals surface area contributed by atoms with Gasteiger partial charge < -0.3 is 14.8 Å². The molecule has 12 heteroatoms. The summed E-state index contributed by atoms with van der Waals surface area (Å²) in [5.74, 6) is 1.44. The van der Waals surface area contributed by atoms with Gasteiger partial charge in [-0.05, 0) is 67.2 Å². The first-order valence-corrected chi connectivity index (χ1v) is 13.2. The second-order valence-electron chi connectivity index (χ2n) is 8.85. The van der Waals surface area contributed by atoms with E-state index in [2.05, 4.69) is 41.7 Å². The van der Waals surface area contributed by atoms with Crippen molar-refractivity contribution in [2.24, 2.45) is 0 Å². The number of rotatable bonds is 7. The fourth-order valence-corrected chi connectivity index (χ4v) is 4.71. The number of benzene rings is 2. The molecule has 0 atom stereocenters. The van der Waals surface area contributed by atoms with Gasteiger partial charge in [-0.1, -0.05) is 29.3 Å². The molecule has 10 nitrogen and oxygen atoms in total. The van der Waals surface area contributed by atoms with Crippen molar-refractivity contribution in [1.29, 1.82) is 0 Å². The summed E-state index contributed by atoms with van der Waals surface area (Å²) < 4.78 is 10.8. The first kappa shape index (κ1) is 28.0. The number of hydrogen-bond acceptors (Lipinski definition) is 8. The van der Waals surface area contributed by atoms with Crippen LogP contribution in [-0.4, -0.2) is 57.9 Å². The van der Waals surface area contributed by atoms with E-state index >= 15 is 0 Å². The van der Waals surface area contributed by atoms with E-state index in [1.54, 1.807) is 44.6 Å². The van der Waals surface area contributed by atoms with E-state index in [1.807, 2.05) is 31.3 Å². The van der Waals surface area contributed by atoms with Crippen LogP contribution in [0.25, 0.3) is 44.6 Å². The highest BCUT2D eigenvalue weighted by Gasteiger charge is 2.15. The monoisotopic (exact) mass is 589 g/mol. The van der Waals surface area contributed by atoms with Gasteiger partial charge in [0.15, 0.2) is 11.3 Å². The summed E-state index contributed by atoms with van der Waals surface area (Å²) in [6, 6.07) is 18.4. The van der Waals surface area contributed by atoms with E-state index < -0.39 is 0 Å². The zero-order valence-corrected chi connectivity index (χ0v) is 23.8. The van der Waals surface area contributed by atoms with Crippen molar-refractivity contribution in [3.05, 3.63) is 82.1 Å². The van der Waals surface area contributed by atoms with E-state index in [0.29, 0.717) is 32.9 Å². The molecule has 6 aromatic rings. The van der Waals surface area contributed by atoms with Gasteiger partial charge in [0, 0.05) is 34.0 Å². The summed E-state index contributed by atoms with van der Waals surface area (Å²) in [7, 11) is 5.15. The number of aromatic nitrogens is 6. The number of nitrogens with one attached hydrogen (secondary N) is 3. The molecule has 0 aliphatic carbocycles. The smallest absolute Gasteiger partial charge is 0.182 e. The van der Waals surface area contributed by atoms with E-state index in [0.717, 1.165) is 57.4 Å². The van der Waals surface area contributed by atoms with Crippen molar-refractivity contribution >= 4 is 51.6 Å². The third-order valence-electron chi connectivity index (χ3n) is 6.31. The van der Waals surface area contributed by atoms with Gasteiger partial charge in [0.1, 0.15) is 28.1 Å². The van der Waals surface area contributed by atoms with E-state index in [-0.39, 0.29) is 0 Å². The minimum Gasteiger partial charge on any atom is -0.496 e. The number of ether oxygens (including phenoxy) is 2. The molecule has 6 rings (SSSR count). The predicted octanol–water partition coefficient (Wildman–Crippen LogP) is 6.11. The highest BCUT2D eigenvalue weighted by Crippen LogP contribution is 2.35. The number of fused-ring (bicyclic) bond motifs is 2. The molecule has 0 fully saturated rings. The topological polar surface area (TPSA) is 131 Å². The number of nitrogens with zero attached hydrogens (tertiary/aromatic N) is 4. The average molecular weight is 590 g/mol. The SMILES string of the molecule is CNCc1ccc(OC)c(-c2[nH]nc3nc(Cl)ccc23)c1.COc1ccc(C=O)cc1-c1[nH]nc2nc(Cl)ccc12. The molecule has 4 heterocycles. The molecule has 41 heavy (non-hydrogen) atoms. The zero-order chi connectivity index (χ0) is 28.9. The van der Waals surface area contributed by atoms with Crippen LogP contribution in [0.2, 0.25) is 10.3 Å². The van der Waals surface area contributed by atoms with Gasteiger partial charge in [-0.25, -0.2) is 9.97 Å². The first-order chi connectivity index (χ1) is 19.9. The quantitative estimate of drug-likeness (QED) is 0.150. The molecule has 208 valence electrons. The lowest BCUT2D eigenvalue weighted by Crippen LogP contribution is -2.05. The molecule has 0 unspecified atom stereocenters. The molecule has 0 amide bonds. The Labute approximate surface area is 245 Å². The number of hydrogen-bond donors (Lipinski definition) is 3. The van der Waals surface area contributed by atoms with Crippen molar-refractivity contribution in [2.75, 3.05) is 21.3 Å². The highest BCUT2D eigenvalue weighted by atomic mass is 35.5. The molecule has 2 aromatic carbocycles. The Morgan fingerprint density at radius 3 is 1.83 bits per heavy atom. The standard InChI is InChI=1S/C15H15ClN4O.C14H10ClN3O2/c1-17-8-9-3-5-12(21-2)11(7-9)14-10-4-6-13(16)18-15(10)20-19-14;1-20-11-4-2-8(7-19)6-10(11)13-9-3-5-12(15)16-14(9)18-17-13/h3-7,17H,8H2,1-2H3,(H,18,19,20);2-7H,1H3,(H,16,17,18). The lowest BCUT2D eigenvalue weighted by Gasteiger charge is -2.10. The minimum atomic E-state index is 0.379. The second-order valence-corrected chi connectivity index (χ2v) is 9.62. The van der Waals surface area contributed by atoms with Gasteiger partial charge in [0.2, 0.25) is 0 Å². The molecule has 4 aromatic heterocycles. The van der Waals surface area contributed by atoms with Crippen LogP contribution in [0.15, 0.2) is 60.7 Å². The largest absolute Gasteiger partial charge is 0.496 e. The molecule has 0 aliphatic rings. The van der Waals surface area contributed by atoms with Gasteiger partial charge in [-0.2, -0.15) is 10.2 Å². The van der Waals surface area contributed by atoms with Crippen molar-refractivity contribution in [3.63, 3.8) is 0 Å². The Bertz CT molecular complexity index is 1850. The normalized spacial score (nSPS) is 10.9. The van der Waals surface area contributed by atoms with E-state index in [1.165, 1.54) is 0 Å². The Morgan fingerprint density at radius 1 is 0.780 bits per heavy atom. The molecular weight excluding hydrogens is 565 g/mol. The van der Waals surface area contributed by atoms with Crippen LogP contribution in [0, 0.1) is 0 Å². The maximum atomic E-state index is 10.9. The molecular formula is C29H25Cl2N7O3. The minimum absolute atomic E-state index is 0.379. The second kappa shape index (κ2) is 12.3. The highest BCUT2D eigenvalue weighted by molar-refractivity contribution is 6.30. The van der Waals surface area contributed by atoms with Gasteiger partial charge in [0.05, 0.1) is 25.6 Å². The first-order valence-electron chi connectivity index (χ1n) is 12.4. The molecule has 0 radical (unpaired) electrons. The van der Waals surface area contributed by atoms with E-state index in [9.17, 15) is 4.79 Å². The van der Waals surface area contributed by atoms with Gasteiger partial charge in [-0.3, -0.25) is 15.0 Å². The van der Waals surface area contributed by atoms with Crippen molar-refractivity contribution < 1.29 is 14.3 Å². The number of carbonyl (C=O) groups is 1. The van der Waals surface area contributed by atoms with Crippen LogP contribution in [0.5, 0.6) is 11.5 Å². The molecule has 0 saturated carbocycles. The number of halogens is 2. The third-order valence-corrected chi connectivity index (χ3v) is 6.73. The number of carbonyl (C=O) groups excluding carboxylic acids is 1. The summed E-state index contributed by atoms with van der Waals surface area (Å²) in [6.45, 7) is 0.785. The molecule has 0 saturated heterocycles. The van der Waals surface area contributed by atoms with Crippen molar-refractivity contribution in [1.82, 2.24) is 35.7 Å². The summed E-state index contributed by atoms with van der Waals surface area (Å²) in [4.78, 5) is 19.3. The number of pyridine rings is 2. The van der Waals surface area contributed by atoms with Crippen LogP contribution >= 0.6 is 23.2 Å². The number of aldehydes is 1. The summed E-state index contributed by atoms with van der Waals surface area (Å²) in [5, 5.41) is 20.0. The Hall–Kier alpha value is -4.51. The number of H-pyrrole nitrogens is 2. The van der Waals surface area contributed by atoms with Gasteiger partial charge >= 0.3 is 0 Å². The molecule has 3 N–H and O–H groups in total. The number of aromatic amines is 2. The van der Waals surface area contributed by atoms with Crippen molar-refractivity contribution in [2.45, 2.75) is 6.54 Å². The Balaban J connectivity index is 0.000000165. The third kappa shape index (κ3) is 5.85. The van der Waals surface area contributed by atoms with Crippen LogP contribution in [0.3, 0.4) is 0 Å². The fraction of sp³-hybridized carbons (Fsp3) is 0.138. The van der Waals surface area contributed by atoms with Crippen molar-refractivity contribution in [3.8, 4) is 34.0 Å². The zero-order valence-electron chi connectivity index (χ0n) is 22.3. The maximum absolute atomic E-state index is 10.9. The van der Waals surface area contributed by atoms with Gasteiger partial charge in [-0.15, -0.1) is 0 Å². The lowest BCUT2D eigenvalue weighted by atomic mass is 10.0. The maximum Gasteiger partial charge on any atom is 0.182 e. The molecule has 0 bridgehead atoms. The number of methoxy groups -OCH3 is 2. The van der Waals surface area contributed by atoms with Crippen LogP contribution in [-0.2, 0) is 6.54 Å². The fourth-order valence-electron chi connectivity index (χ4n) is 4.42. The summed E-state index contributed by atoms with van der Waals surface area (Å²) >= 11 is 11.7. The van der Waals surface area contributed by atoms with Crippen LogP contribution in [0.4, 0.5) is 0 Å². The van der Waals surface area contributed by atoms with Crippen LogP contribution < -0.4 is 14.8 Å². The van der Waals surface area contributed by atoms with E-state index in [4.69, 9.17) is 32.7 Å². The lowest BCUT2D eigenvalue weighted by molar-refractivity contribution is 0.112. The summed E-state index contributed by atoms with van der Waals surface area (Å²) in [6.07, 6.45) is 0.788. The Kier molecular flexibility index (Phi) is 8.44. The molecule has 0 aliphatic heterocycles.